The van der Waals surface area contributed by atoms with Gasteiger partial charge in [0.15, 0.2) is 11.3 Å². The largest absolute Gasteiger partial charge is 0.493 e. The lowest BCUT2D eigenvalue weighted by Gasteiger charge is -2.03. The Morgan fingerprint density at radius 3 is 2.11 bits per heavy atom. The quantitative estimate of drug-likeness (QED) is 0.624. The maximum atomic E-state index is 6.04. The number of fused-ring (bicyclic) bond motifs is 3. The topological polar surface area (TPSA) is 22.4 Å². The van der Waals surface area contributed by atoms with Crippen LogP contribution in [0.1, 0.15) is 16.7 Å². The van der Waals surface area contributed by atoms with E-state index in [9.17, 15) is 0 Å². The standard InChI is InChI=1S/C16H16O2/c1-9-5-7-12-13-8-6-10(2)14(17-4)16(13)18-15(12)11(9)3/h5-8H,1-4H3. The van der Waals surface area contributed by atoms with Crippen molar-refractivity contribution in [2.45, 2.75) is 20.8 Å². The summed E-state index contributed by atoms with van der Waals surface area (Å²) in [5.74, 6) is 0.834. The summed E-state index contributed by atoms with van der Waals surface area (Å²) in [5, 5.41) is 2.28. The summed E-state index contributed by atoms with van der Waals surface area (Å²) in [7, 11) is 1.69. The maximum absolute atomic E-state index is 6.04. The first-order valence-corrected chi connectivity index (χ1v) is 6.09. The highest BCUT2D eigenvalue weighted by molar-refractivity contribution is 6.08. The Morgan fingerprint density at radius 1 is 0.833 bits per heavy atom. The highest BCUT2D eigenvalue weighted by atomic mass is 16.5. The predicted molar refractivity (Wildman–Crippen MR) is 74.5 cm³/mol. The van der Waals surface area contributed by atoms with Gasteiger partial charge in [0.05, 0.1) is 7.11 Å². The van der Waals surface area contributed by atoms with Gasteiger partial charge in [-0.25, -0.2) is 0 Å². The SMILES string of the molecule is COc1c(C)ccc2c1oc1c(C)c(C)ccc12. The van der Waals surface area contributed by atoms with Crippen LogP contribution in [0.3, 0.4) is 0 Å². The van der Waals surface area contributed by atoms with Crippen molar-refractivity contribution in [3.05, 3.63) is 41.0 Å². The van der Waals surface area contributed by atoms with E-state index in [-0.39, 0.29) is 0 Å². The minimum absolute atomic E-state index is 0.834. The molecule has 0 unspecified atom stereocenters. The van der Waals surface area contributed by atoms with Crippen molar-refractivity contribution in [2.24, 2.45) is 0 Å². The van der Waals surface area contributed by atoms with Crippen LogP contribution in [-0.4, -0.2) is 7.11 Å². The van der Waals surface area contributed by atoms with Crippen LogP contribution in [0.4, 0.5) is 0 Å². The van der Waals surface area contributed by atoms with E-state index in [0.29, 0.717) is 0 Å². The number of furan rings is 1. The molecule has 0 atom stereocenters. The molecule has 2 nitrogen and oxygen atoms in total. The van der Waals surface area contributed by atoms with E-state index in [1.165, 1.54) is 11.1 Å². The van der Waals surface area contributed by atoms with E-state index in [1.807, 2.05) is 6.92 Å². The van der Waals surface area contributed by atoms with E-state index >= 15 is 0 Å². The van der Waals surface area contributed by atoms with Crippen LogP contribution in [0.5, 0.6) is 5.75 Å². The van der Waals surface area contributed by atoms with Crippen molar-refractivity contribution in [2.75, 3.05) is 7.11 Å². The zero-order chi connectivity index (χ0) is 12.9. The monoisotopic (exact) mass is 240 g/mol. The van der Waals surface area contributed by atoms with E-state index < -0.39 is 0 Å². The van der Waals surface area contributed by atoms with Gasteiger partial charge in [-0.1, -0.05) is 18.2 Å². The van der Waals surface area contributed by atoms with Crippen LogP contribution in [0.15, 0.2) is 28.7 Å². The van der Waals surface area contributed by atoms with Gasteiger partial charge in [-0.2, -0.15) is 0 Å². The molecular formula is C16H16O2. The number of hydrogen-bond acceptors (Lipinski definition) is 2. The molecule has 0 spiro atoms. The maximum Gasteiger partial charge on any atom is 0.177 e. The van der Waals surface area contributed by atoms with Gasteiger partial charge in [-0.15, -0.1) is 0 Å². The van der Waals surface area contributed by atoms with Crippen LogP contribution in [-0.2, 0) is 0 Å². The fraction of sp³-hybridized carbons (Fsp3) is 0.250. The summed E-state index contributed by atoms with van der Waals surface area (Å²) in [5.41, 5.74) is 5.36. The van der Waals surface area contributed by atoms with E-state index in [1.54, 1.807) is 7.11 Å². The molecule has 0 bridgehead atoms. The molecule has 1 aromatic heterocycles. The number of rotatable bonds is 1. The summed E-state index contributed by atoms with van der Waals surface area (Å²) < 4.78 is 11.5. The molecule has 3 aromatic rings. The number of aryl methyl sites for hydroxylation is 3. The summed E-state index contributed by atoms with van der Waals surface area (Å²) in [6.07, 6.45) is 0. The second-order valence-electron chi connectivity index (χ2n) is 4.78. The van der Waals surface area contributed by atoms with Gasteiger partial charge in [-0.3, -0.25) is 0 Å². The van der Waals surface area contributed by atoms with Crippen LogP contribution in [0.25, 0.3) is 21.9 Å². The predicted octanol–water partition coefficient (Wildman–Crippen LogP) is 4.52. The molecule has 0 aliphatic carbocycles. The summed E-state index contributed by atoms with van der Waals surface area (Å²) >= 11 is 0. The van der Waals surface area contributed by atoms with Crippen LogP contribution < -0.4 is 4.74 Å². The molecule has 1 heterocycles. The second-order valence-corrected chi connectivity index (χ2v) is 4.78. The third-order valence-corrected chi connectivity index (χ3v) is 3.68. The summed E-state index contributed by atoms with van der Waals surface area (Å²) in [4.78, 5) is 0. The number of hydrogen-bond donors (Lipinski definition) is 0. The molecule has 0 saturated carbocycles. The van der Waals surface area contributed by atoms with Crippen LogP contribution in [0, 0.1) is 20.8 Å². The number of methoxy groups -OCH3 is 1. The fourth-order valence-electron chi connectivity index (χ4n) is 2.46. The highest BCUT2D eigenvalue weighted by Crippen LogP contribution is 2.38. The van der Waals surface area contributed by atoms with Gasteiger partial charge in [-0.05, 0) is 43.5 Å². The Morgan fingerprint density at radius 2 is 1.44 bits per heavy atom. The lowest BCUT2D eigenvalue weighted by Crippen LogP contribution is -1.86. The molecule has 2 heteroatoms. The Labute approximate surface area is 106 Å². The van der Waals surface area contributed by atoms with Crippen LogP contribution >= 0.6 is 0 Å². The third-order valence-electron chi connectivity index (χ3n) is 3.68. The molecule has 3 rings (SSSR count). The van der Waals surface area contributed by atoms with Crippen molar-refractivity contribution < 1.29 is 9.15 Å². The molecular weight excluding hydrogens is 224 g/mol. The molecule has 18 heavy (non-hydrogen) atoms. The summed E-state index contributed by atoms with van der Waals surface area (Å²) in [6.45, 7) is 6.23. The third kappa shape index (κ3) is 1.35. The normalized spacial score (nSPS) is 11.3. The highest BCUT2D eigenvalue weighted by Gasteiger charge is 2.15. The van der Waals surface area contributed by atoms with Gasteiger partial charge in [0.2, 0.25) is 0 Å². The van der Waals surface area contributed by atoms with Gasteiger partial charge in [0.1, 0.15) is 5.58 Å². The first kappa shape index (κ1) is 11.1. The molecule has 0 fully saturated rings. The minimum Gasteiger partial charge on any atom is -0.493 e. The first-order chi connectivity index (χ1) is 8.63. The number of benzene rings is 2. The Bertz CT molecular complexity index is 751. The van der Waals surface area contributed by atoms with Gasteiger partial charge >= 0.3 is 0 Å². The summed E-state index contributed by atoms with van der Waals surface area (Å²) in [6, 6.07) is 8.44. The van der Waals surface area contributed by atoms with Gasteiger partial charge in [0.25, 0.3) is 0 Å². The first-order valence-electron chi connectivity index (χ1n) is 6.09. The average Bonchev–Trinajstić information content (AvgIpc) is 2.73. The lowest BCUT2D eigenvalue weighted by atomic mass is 10.0. The second kappa shape index (κ2) is 3.77. The van der Waals surface area contributed by atoms with Crippen molar-refractivity contribution in [3.8, 4) is 5.75 Å². The zero-order valence-electron chi connectivity index (χ0n) is 11.1. The Kier molecular flexibility index (Phi) is 2.34. The zero-order valence-corrected chi connectivity index (χ0v) is 11.1. The van der Waals surface area contributed by atoms with Gasteiger partial charge in [0, 0.05) is 10.8 Å². The fourth-order valence-corrected chi connectivity index (χ4v) is 2.46. The molecule has 0 aliphatic heterocycles. The molecule has 0 radical (unpaired) electrons. The van der Waals surface area contributed by atoms with Crippen molar-refractivity contribution in [3.63, 3.8) is 0 Å². The molecule has 0 saturated heterocycles. The Hall–Kier alpha value is -1.96. The molecule has 0 aliphatic rings. The lowest BCUT2D eigenvalue weighted by molar-refractivity contribution is 0.409. The average molecular weight is 240 g/mol. The van der Waals surface area contributed by atoms with Crippen molar-refractivity contribution in [1.82, 2.24) is 0 Å². The Balaban J connectivity index is 2.54. The van der Waals surface area contributed by atoms with E-state index in [4.69, 9.17) is 9.15 Å². The van der Waals surface area contributed by atoms with Crippen molar-refractivity contribution >= 4 is 21.9 Å². The van der Waals surface area contributed by atoms with Gasteiger partial charge < -0.3 is 9.15 Å². The smallest absolute Gasteiger partial charge is 0.177 e. The molecule has 92 valence electrons. The molecule has 2 aromatic carbocycles. The van der Waals surface area contributed by atoms with E-state index in [2.05, 4.69) is 38.1 Å². The van der Waals surface area contributed by atoms with E-state index in [0.717, 1.165) is 33.3 Å². The molecule has 0 amide bonds. The number of ether oxygens (including phenoxy) is 1. The van der Waals surface area contributed by atoms with Crippen LogP contribution in [0.2, 0.25) is 0 Å². The molecule has 0 N–H and O–H groups in total. The van der Waals surface area contributed by atoms with Crippen molar-refractivity contribution in [1.29, 1.82) is 0 Å². The minimum atomic E-state index is 0.834.